The first-order chi connectivity index (χ1) is 16.0. The molecule has 5 rings (SSSR count). The average molecular weight is 447 g/mol. The predicted octanol–water partition coefficient (Wildman–Crippen LogP) is 4.23. The van der Waals surface area contributed by atoms with Gasteiger partial charge in [0.1, 0.15) is 17.9 Å². The van der Waals surface area contributed by atoms with Gasteiger partial charge in [-0.25, -0.2) is 9.07 Å². The summed E-state index contributed by atoms with van der Waals surface area (Å²) in [4.78, 5) is 26.2. The molecule has 33 heavy (non-hydrogen) atoms. The van der Waals surface area contributed by atoms with E-state index < -0.39 is 0 Å². The van der Waals surface area contributed by atoms with E-state index in [4.69, 9.17) is 0 Å². The number of carbonyl (C=O) groups is 1. The highest BCUT2D eigenvalue weighted by Crippen LogP contribution is 2.27. The Labute approximate surface area is 191 Å². The van der Waals surface area contributed by atoms with Crippen LogP contribution in [-0.2, 0) is 17.9 Å². The Morgan fingerprint density at radius 2 is 1.85 bits per heavy atom. The minimum Gasteiger partial charge on any atom is -0.351 e. The van der Waals surface area contributed by atoms with Crippen molar-refractivity contribution in [3.8, 4) is 0 Å². The van der Waals surface area contributed by atoms with Crippen LogP contribution in [0.4, 0.5) is 4.39 Å². The zero-order valence-electron chi connectivity index (χ0n) is 18.6. The second-order valence-electron chi connectivity index (χ2n) is 9.04. The zero-order valence-corrected chi connectivity index (χ0v) is 18.6. The number of rotatable bonds is 5. The number of amides is 1. The molecule has 0 unspecified atom stereocenters. The highest BCUT2D eigenvalue weighted by molar-refractivity contribution is 6.07. The third-order valence-electron chi connectivity index (χ3n) is 6.78. The van der Waals surface area contributed by atoms with Gasteiger partial charge in [0.15, 0.2) is 0 Å². The molecule has 0 aliphatic heterocycles. The second kappa shape index (κ2) is 8.81. The van der Waals surface area contributed by atoms with Crippen molar-refractivity contribution in [3.05, 3.63) is 76.5 Å². The van der Waals surface area contributed by atoms with Crippen LogP contribution in [0.5, 0.6) is 0 Å². The first kappa shape index (κ1) is 21.4. The van der Waals surface area contributed by atoms with Crippen molar-refractivity contribution in [1.82, 2.24) is 19.7 Å². The van der Waals surface area contributed by atoms with Gasteiger partial charge in [-0.2, -0.15) is 5.10 Å². The molecule has 2 atom stereocenters. The van der Waals surface area contributed by atoms with Crippen LogP contribution < -0.4 is 10.9 Å². The lowest BCUT2D eigenvalue weighted by atomic mass is 9.86. The normalized spacial score (nSPS) is 18.6. The third kappa shape index (κ3) is 4.15. The minimum atomic E-state index is -0.308. The fourth-order valence-electron chi connectivity index (χ4n) is 4.96. The molecule has 1 N–H and O–H groups in total. The number of nitrogens with one attached hydrogen (secondary N) is 1. The van der Waals surface area contributed by atoms with Crippen LogP contribution in [0.2, 0.25) is 0 Å². The van der Waals surface area contributed by atoms with Gasteiger partial charge in [-0.15, -0.1) is 0 Å². The molecule has 6 nitrogen and oxygen atoms in total. The fraction of sp³-hybridized carbons (Fsp3) is 0.346. The molecule has 7 heteroatoms. The van der Waals surface area contributed by atoms with Gasteiger partial charge in [0.05, 0.1) is 6.20 Å². The van der Waals surface area contributed by atoms with Gasteiger partial charge < -0.3 is 9.88 Å². The standard InChI is InChI=1S/C26H27FN4O2/c1-17-6-2-4-8-22(17)29-24(32)16-31-26(33)25-21(14-28-31)20-7-3-5-9-23(20)30(25)15-18-10-12-19(27)13-11-18/h3,5,7,9-14,17,22H,2,4,6,8,15-16H2,1H3,(H,29,32)/t17-,22-/m0/s1. The average Bonchev–Trinajstić information content (AvgIpc) is 3.13. The first-order valence-corrected chi connectivity index (χ1v) is 11.5. The molecule has 0 radical (unpaired) electrons. The number of aromatic nitrogens is 3. The van der Waals surface area contributed by atoms with E-state index in [-0.39, 0.29) is 29.9 Å². The van der Waals surface area contributed by atoms with E-state index >= 15 is 0 Å². The molecule has 0 spiro atoms. The smallest absolute Gasteiger partial charge is 0.291 e. The summed E-state index contributed by atoms with van der Waals surface area (Å²) in [5.41, 5.74) is 1.96. The SMILES string of the molecule is C[C@H]1CCCC[C@@H]1NC(=O)Cn1ncc2c3ccccc3n(Cc3ccc(F)cc3)c2c1=O. The molecule has 1 aliphatic rings. The van der Waals surface area contributed by atoms with E-state index in [0.717, 1.165) is 41.1 Å². The Hall–Kier alpha value is -3.48. The quantitative estimate of drug-likeness (QED) is 0.499. The molecule has 4 aromatic rings. The van der Waals surface area contributed by atoms with E-state index in [1.54, 1.807) is 18.3 Å². The molecule has 1 aliphatic carbocycles. The Morgan fingerprint density at radius 1 is 1.09 bits per heavy atom. The highest BCUT2D eigenvalue weighted by atomic mass is 19.1. The number of nitrogens with zero attached hydrogens (tertiary/aromatic N) is 3. The minimum absolute atomic E-state index is 0.115. The number of hydrogen-bond acceptors (Lipinski definition) is 3. The van der Waals surface area contributed by atoms with Crippen molar-refractivity contribution in [2.24, 2.45) is 5.92 Å². The third-order valence-corrected chi connectivity index (χ3v) is 6.78. The second-order valence-corrected chi connectivity index (χ2v) is 9.04. The van der Waals surface area contributed by atoms with Crippen LogP contribution in [0.25, 0.3) is 21.8 Å². The maximum Gasteiger partial charge on any atom is 0.291 e. The van der Waals surface area contributed by atoms with Gasteiger partial charge in [0, 0.05) is 28.9 Å². The van der Waals surface area contributed by atoms with Crippen molar-refractivity contribution in [1.29, 1.82) is 0 Å². The van der Waals surface area contributed by atoms with Gasteiger partial charge in [-0.3, -0.25) is 9.59 Å². The van der Waals surface area contributed by atoms with Crippen LogP contribution in [0, 0.1) is 11.7 Å². The topological polar surface area (TPSA) is 68.9 Å². The van der Waals surface area contributed by atoms with Crippen molar-refractivity contribution in [2.45, 2.75) is 51.7 Å². The number of carbonyl (C=O) groups excluding carboxylic acids is 1. The summed E-state index contributed by atoms with van der Waals surface area (Å²) in [6.45, 7) is 2.46. The summed E-state index contributed by atoms with van der Waals surface area (Å²) in [7, 11) is 0. The lowest BCUT2D eigenvalue weighted by Gasteiger charge is -2.29. The van der Waals surface area contributed by atoms with Gasteiger partial charge in [-0.1, -0.05) is 50.1 Å². The van der Waals surface area contributed by atoms with E-state index in [1.165, 1.54) is 23.2 Å². The summed E-state index contributed by atoms with van der Waals surface area (Å²) in [6, 6.07) is 14.2. The largest absolute Gasteiger partial charge is 0.351 e. The number of para-hydroxylation sites is 1. The fourth-order valence-corrected chi connectivity index (χ4v) is 4.96. The summed E-state index contributed by atoms with van der Waals surface area (Å²) < 4.78 is 16.6. The maximum absolute atomic E-state index is 13.5. The van der Waals surface area contributed by atoms with Crippen molar-refractivity contribution in [2.75, 3.05) is 0 Å². The van der Waals surface area contributed by atoms with Gasteiger partial charge in [0.25, 0.3) is 5.56 Å². The van der Waals surface area contributed by atoms with Crippen LogP contribution in [0.3, 0.4) is 0 Å². The molecule has 0 saturated heterocycles. The Balaban J connectivity index is 1.52. The molecule has 2 aromatic heterocycles. The van der Waals surface area contributed by atoms with Crippen LogP contribution >= 0.6 is 0 Å². The molecular formula is C26H27FN4O2. The van der Waals surface area contributed by atoms with Gasteiger partial charge in [0.2, 0.25) is 5.91 Å². The molecule has 0 bridgehead atoms. The van der Waals surface area contributed by atoms with E-state index in [1.807, 2.05) is 28.8 Å². The van der Waals surface area contributed by atoms with Gasteiger partial charge in [-0.05, 0) is 42.5 Å². The van der Waals surface area contributed by atoms with E-state index in [9.17, 15) is 14.0 Å². The Morgan fingerprint density at radius 3 is 2.64 bits per heavy atom. The zero-order chi connectivity index (χ0) is 22.9. The van der Waals surface area contributed by atoms with Gasteiger partial charge >= 0.3 is 0 Å². The predicted molar refractivity (Wildman–Crippen MR) is 127 cm³/mol. The molecule has 2 aromatic carbocycles. The Bertz CT molecular complexity index is 1370. The molecule has 2 heterocycles. The number of fused-ring (bicyclic) bond motifs is 3. The summed E-state index contributed by atoms with van der Waals surface area (Å²) in [5.74, 6) is -0.0529. The molecule has 1 amide bonds. The van der Waals surface area contributed by atoms with Crippen LogP contribution in [0.15, 0.2) is 59.5 Å². The molecule has 1 fully saturated rings. The summed E-state index contributed by atoms with van der Waals surface area (Å²) in [5, 5.41) is 9.09. The van der Waals surface area contributed by atoms with E-state index in [0.29, 0.717) is 18.0 Å². The highest BCUT2D eigenvalue weighted by Gasteiger charge is 2.23. The van der Waals surface area contributed by atoms with Crippen LogP contribution in [0.1, 0.15) is 38.2 Å². The number of benzene rings is 2. The first-order valence-electron chi connectivity index (χ1n) is 11.5. The number of halogens is 1. The summed E-state index contributed by atoms with van der Waals surface area (Å²) in [6.07, 6.45) is 6.06. The van der Waals surface area contributed by atoms with Crippen LogP contribution in [-0.4, -0.2) is 26.3 Å². The number of hydrogen-bond donors (Lipinski definition) is 1. The summed E-state index contributed by atoms with van der Waals surface area (Å²) >= 11 is 0. The molecule has 1 saturated carbocycles. The van der Waals surface area contributed by atoms with Crippen molar-refractivity contribution in [3.63, 3.8) is 0 Å². The van der Waals surface area contributed by atoms with Crippen molar-refractivity contribution >= 4 is 27.7 Å². The molecule has 170 valence electrons. The van der Waals surface area contributed by atoms with Crippen molar-refractivity contribution < 1.29 is 9.18 Å². The maximum atomic E-state index is 13.5. The van der Waals surface area contributed by atoms with E-state index in [2.05, 4.69) is 17.3 Å². The lowest BCUT2D eigenvalue weighted by Crippen LogP contribution is -2.43. The lowest BCUT2D eigenvalue weighted by molar-refractivity contribution is -0.123. The Kier molecular flexibility index (Phi) is 5.70. The molecular weight excluding hydrogens is 419 g/mol. The monoisotopic (exact) mass is 446 g/mol.